The van der Waals surface area contributed by atoms with E-state index in [1.807, 2.05) is 14.0 Å². The Kier molecular flexibility index (Phi) is 4.81. The number of hydrogen-bond acceptors (Lipinski definition) is 5. The van der Waals surface area contributed by atoms with Gasteiger partial charge in [0, 0.05) is 31.7 Å². The van der Waals surface area contributed by atoms with Gasteiger partial charge in [-0.15, -0.1) is 0 Å². The summed E-state index contributed by atoms with van der Waals surface area (Å²) in [6.07, 6.45) is 2.66. The zero-order valence-corrected chi connectivity index (χ0v) is 13.0. The molecule has 112 valence electrons. The second-order valence-electron chi connectivity index (χ2n) is 6.01. The number of nitrogens with two attached hydrogens (primary N) is 1. The van der Waals surface area contributed by atoms with Crippen molar-refractivity contribution in [2.75, 3.05) is 37.4 Å². The highest BCUT2D eigenvalue weighted by atomic mass is 16.5. The van der Waals surface area contributed by atoms with Crippen LogP contribution in [0.25, 0.3) is 0 Å². The summed E-state index contributed by atoms with van der Waals surface area (Å²) in [5.74, 6) is 3.37. The van der Waals surface area contributed by atoms with Crippen LogP contribution in [0.5, 0.6) is 0 Å². The summed E-state index contributed by atoms with van der Waals surface area (Å²) >= 11 is 0. The zero-order valence-electron chi connectivity index (χ0n) is 13.0. The Balaban J connectivity index is 1.97. The van der Waals surface area contributed by atoms with E-state index in [9.17, 15) is 0 Å². The molecule has 2 rings (SSSR count). The molecule has 2 N–H and O–H groups in total. The van der Waals surface area contributed by atoms with Crippen LogP contribution in [0.2, 0.25) is 0 Å². The molecule has 1 aromatic rings. The van der Waals surface area contributed by atoms with E-state index in [1.54, 1.807) is 0 Å². The molecule has 5 nitrogen and oxygen atoms in total. The summed E-state index contributed by atoms with van der Waals surface area (Å²) in [5.41, 5.74) is 6.93. The van der Waals surface area contributed by atoms with Crippen molar-refractivity contribution in [1.29, 1.82) is 0 Å². The number of ether oxygens (including phenoxy) is 1. The molecule has 0 atom stereocenters. The highest BCUT2D eigenvalue weighted by Crippen LogP contribution is 2.28. The lowest BCUT2D eigenvalue weighted by Crippen LogP contribution is -2.26. The predicted octanol–water partition coefficient (Wildman–Crippen LogP) is 2.35. The van der Waals surface area contributed by atoms with Crippen molar-refractivity contribution in [3.05, 3.63) is 11.4 Å². The highest BCUT2D eigenvalue weighted by Gasteiger charge is 2.21. The molecule has 0 unspecified atom stereocenters. The third kappa shape index (κ3) is 3.82. The number of aromatic nitrogens is 2. The van der Waals surface area contributed by atoms with Gasteiger partial charge in [-0.05, 0) is 25.7 Å². The lowest BCUT2D eigenvalue weighted by molar-refractivity contribution is 0.130. The van der Waals surface area contributed by atoms with Gasteiger partial charge < -0.3 is 15.4 Å². The van der Waals surface area contributed by atoms with Crippen molar-refractivity contribution >= 4 is 11.6 Å². The minimum Gasteiger partial charge on any atom is -0.383 e. The number of nitrogen functional groups attached to an aromatic ring is 1. The number of anilines is 2. The van der Waals surface area contributed by atoms with E-state index in [1.165, 1.54) is 12.8 Å². The first-order valence-electron chi connectivity index (χ1n) is 7.42. The molecular weight excluding hydrogens is 252 g/mol. The maximum atomic E-state index is 5.99. The molecule has 5 heteroatoms. The average Bonchev–Trinajstić information content (AvgIpc) is 3.21. The normalized spacial score (nSPS) is 14.8. The smallest absolute Gasteiger partial charge is 0.137 e. The van der Waals surface area contributed by atoms with Gasteiger partial charge in [-0.2, -0.15) is 0 Å². The minimum atomic E-state index is 0.274. The topological polar surface area (TPSA) is 64.3 Å². The lowest BCUT2D eigenvalue weighted by atomic mass is 10.2. The van der Waals surface area contributed by atoms with E-state index in [0.29, 0.717) is 5.82 Å². The number of nitrogens with zero attached hydrogens (tertiary/aromatic N) is 3. The van der Waals surface area contributed by atoms with Gasteiger partial charge >= 0.3 is 0 Å². The molecule has 0 amide bonds. The molecule has 0 radical (unpaired) electrons. The van der Waals surface area contributed by atoms with Crippen LogP contribution in [0.3, 0.4) is 0 Å². The summed E-state index contributed by atoms with van der Waals surface area (Å²) in [7, 11) is 2.03. The summed E-state index contributed by atoms with van der Waals surface area (Å²) in [6, 6.07) is 0. The Labute approximate surface area is 121 Å². The van der Waals surface area contributed by atoms with Crippen molar-refractivity contribution in [3.63, 3.8) is 0 Å². The van der Waals surface area contributed by atoms with Crippen molar-refractivity contribution in [2.45, 2.75) is 39.5 Å². The molecule has 1 heterocycles. The fourth-order valence-corrected chi connectivity index (χ4v) is 2.01. The fourth-order valence-electron chi connectivity index (χ4n) is 2.01. The van der Waals surface area contributed by atoms with Gasteiger partial charge in [0.2, 0.25) is 0 Å². The lowest BCUT2D eigenvalue weighted by Gasteiger charge is -2.22. The van der Waals surface area contributed by atoms with Gasteiger partial charge in [-0.3, -0.25) is 0 Å². The number of rotatable bonds is 7. The van der Waals surface area contributed by atoms with Crippen LogP contribution in [0.4, 0.5) is 11.6 Å². The molecule has 20 heavy (non-hydrogen) atoms. The standard InChI is InChI=1S/C15H26N4O/c1-10(2)14-17-13(16)11(3)15(18-14)19(4)7-8-20-9-12-5-6-12/h10,12H,5-9H2,1-4H3,(H2,16,17,18). The first-order valence-corrected chi connectivity index (χ1v) is 7.42. The molecule has 0 bridgehead atoms. The Morgan fingerprint density at radius 1 is 1.35 bits per heavy atom. The van der Waals surface area contributed by atoms with Gasteiger partial charge in [-0.1, -0.05) is 13.8 Å². The van der Waals surface area contributed by atoms with E-state index in [4.69, 9.17) is 10.5 Å². The van der Waals surface area contributed by atoms with Crippen LogP contribution in [-0.2, 0) is 4.74 Å². The fraction of sp³-hybridized carbons (Fsp3) is 0.733. The average molecular weight is 278 g/mol. The summed E-state index contributed by atoms with van der Waals surface area (Å²) < 4.78 is 5.68. The van der Waals surface area contributed by atoms with Gasteiger partial charge in [0.25, 0.3) is 0 Å². The van der Waals surface area contributed by atoms with Crippen LogP contribution >= 0.6 is 0 Å². The third-order valence-corrected chi connectivity index (χ3v) is 3.67. The van der Waals surface area contributed by atoms with E-state index < -0.39 is 0 Å². The highest BCUT2D eigenvalue weighted by molar-refractivity contribution is 5.56. The Bertz CT molecular complexity index is 457. The van der Waals surface area contributed by atoms with Crippen LogP contribution in [0.15, 0.2) is 0 Å². The molecule has 0 aliphatic heterocycles. The zero-order chi connectivity index (χ0) is 14.7. The van der Waals surface area contributed by atoms with Crippen LogP contribution in [0, 0.1) is 12.8 Å². The molecule has 1 saturated carbocycles. The predicted molar refractivity (Wildman–Crippen MR) is 82.1 cm³/mol. The van der Waals surface area contributed by atoms with Crippen LogP contribution in [-0.4, -0.2) is 36.8 Å². The number of likely N-dealkylation sites (N-methyl/N-ethyl adjacent to an activating group) is 1. The van der Waals surface area contributed by atoms with E-state index in [2.05, 4.69) is 28.7 Å². The maximum Gasteiger partial charge on any atom is 0.137 e. The van der Waals surface area contributed by atoms with E-state index in [0.717, 1.165) is 42.9 Å². The Morgan fingerprint density at radius 2 is 2.05 bits per heavy atom. The molecule has 0 spiro atoms. The first-order chi connectivity index (χ1) is 9.49. The summed E-state index contributed by atoms with van der Waals surface area (Å²) in [5, 5.41) is 0. The first kappa shape index (κ1) is 15.0. The quantitative estimate of drug-likeness (QED) is 0.776. The van der Waals surface area contributed by atoms with Crippen molar-refractivity contribution in [2.24, 2.45) is 5.92 Å². The summed E-state index contributed by atoms with van der Waals surface area (Å²) in [4.78, 5) is 11.1. The second kappa shape index (κ2) is 6.39. The molecule has 0 aromatic carbocycles. The molecule has 1 aliphatic carbocycles. The molecular formula is C15H26N4O. The minimum absolute atomic E-state index is 0.274. The summed E-state index contributed by atoms with van der Waals surface area (Å²) in [6.45, 7) is 8.57. The Morgan fingerprint density at radius 3 is 2.65 bits per heavy atom. The van der Waals surface area contributed by atoms with Crippen molar-refractivity contribution in [1.82, 2.24) is 9.97 Å². The van der Waals surface area contributed by atoms with Crippen molar-refractivity contribution in [3.8, 4) is 0 Å². The second-order valence-corrected chi connectivity index (χ2v) is 6.01. The van der Waals surface area contributed by atoms with Crippen LogP contribution < -0.4 is 10.6 Å². The van der Waals surface area contributed by atoms with Gasteiger partial charge in [0.15, 0.2) is 0 Å². The van der Waals surface area contributed by atoms with Gasteiger partial charge in [-0.25, -0.2) is 9.97 Å². The Hall–Kier alpha value is -1.36. The third-order valence-electron chi connectivity index (χ3n) is 3.67. The molecule has 1 aliphatic rings. The van der Waals surface area contributed by atoms with Gasteiger partial charge in [0.05, 0.1) is 6.61 Å². The molecule has 1 fully saturated rings. The van der Waals surface area contributed by atoms with Crippen molar-refractivity contribution < 1.29 is 4.74 Å². The monoisotopic (exact) mass is 278 g/mol. The molecule has 1 aromatic heterocycles. The SMILES string of the molecule is Cc1c(N)nc(C(C)C)nc1N(C)CCOCC1CC1. The van der Waals surface area contributed by atoms with E-state index in [-0.39, 0.29) is 5.92 Å². The largest absolute Gasteiger partial charge is 0.383 e. The number of hydrogen-bond donors (Lipinski definition) is 1. The van der Waals surface area contributed by atoms with E-state index >= 15 is 0 Å². The van der Waals surface area contributed by atoms with Gasteiger partial charge in [0.1, 0.15) is 17.5 Å². The maximum absolute atomic E-state index is 5.99. The van der Waals surface area contributed by atoms with Crippen LogP contribution in [0.1, 0.15) is 44.0 Å². The molecule has 0 saturated heterocycles.